The van der Waals surface area contributed by atoms with Crippen molar-refractivity contribution < 1.29 is 12.8 Å². The van der Waals surface area contributed by atoms with Crippen molar-refractivity contribution in [1.29, 1.82) is 0 Å². The van der Waals surface area contributed by atoms with Gasteiger partial charge in [0, 0.05) is 12.6 Å². The standard InChI is InChI=1S/C17H20FN3O2S/c1-17(2)15(10-21-13-7-12(18)8-20-9-13)16(17)11-3-5-14(6-4-11)24(19,22)23/h3-9,15-16,21H,10H2,1-2H3,(H2,19,22,23)/t15-,16-/m1/s1. The number of nitrogens with two attached hydrogens (primary N) is 1. The zero-order valence-corrected chi connectivity index (χ0v) is 14.3. The minimum absolute atomic E-state index is 0.0802. The molecule has 0 bridgehead atoms. The van der Waals surface area contributed by atoms with Crippen molar-refractivity contribution in [2.24, 2.45) is 16.5 Å². The van der Waals surface area contributed by atoms with Gasteiger partial charge in [-0.2, -0.15) is 0 Å². The lowest BCUT2D eigenvalue weighted by Gasteiger charge is -2.06. The maximum Gasteiger partial charge on any atom is 0.238 e. The van der Waals surface area contributed by atoms with Crippen molar-refractivity contribution in [3.05, 3.63) is 54.1 Å². The minimum atomic E-state index is -3.67. The predicted molar refractivity (Wildman–Crippen MR) is 90.5 cm³/mol. The van der Waals surface area contributed by atoms with E-state index in [4.69, 9.17) is 5.14 Å². The van der Waals surface area contributed by atoms with Crippen LogP contribution in [0.4, 0.5) is 10.1 Å². The van der Waals surface area contributed by atoms with E-state index >= 15 is 0 Å². The summed E-state index contributed by atoms with van der Waals surface area (Å²) in [6, 6.07) is 8.13. The SMILES string of the molecule is CC1(C)[C@H](CNc2cncc(F)c2)[C@H]1c1ccc(S(N)(=O)=O)cc1. The summed E-state index contributed by atoms with van der Waals surface area (Å²) in [5.74, 6) is 0.298. The summed E-state index contributed by atoms with van der Waals surface area (Å²) in [5.41, 5.74) is 1.81. The third-order valence-corrected chi connectivity index (χ3v) is 5.78. The predicted octanol–water partition coefficient (Wildman–Crippen LogP) is 2.72. The number of rotatable bonds is 5. The van der Waals surface area contributed by atoms with Gasteiger partial charge in [-0.3, -0.25) is 4.98 Å². The Balaban J connectivity index is 1.70. The summed E-state index contributed by atoms with van der Waals surface area (Å²) in [7, 11) is -3.67. The number of hydrogen-bond donors (Lipinski definition) is 2. The molecule has 1 aliphatic rings. The van der Waals surface area contributed by atoms with Gasteiger partial charge in [-0.05, 0) is 34.9 Å². The van der Waals surface area contributed by atoms with Crippen LogP contribution in [0.1, 0.15) is 25.3 Å². The molecule has 0 aliphatic heterocycles. The Hall–Kier alpha value is -1.99. The number of primary sulfonamides is 1. The second-order valence-corrected chi connectivity index (χ2v) is 8.35. The molecule has 0 radical (unpaired) electrons. The van der Waals surface area contributed by atoms with Crippen molar-refractivity contribution >= 4 is 15.7 Å². The van der Waals surface area contributed by atoms with Crippen LogP contribution < -0.4 is 10.5 Å². The smallest absolute Gasteiger partial charge is 0.238 e. The van der Waals surface area contributed by atoms with Crippen molar-refractivity contribution in [1.82, 2.24) is 4.98 Å². The molecule has 1 saturated carbocycles. The molecule has 2 atom stereocenters. The van der Waals surface area contributed by atoms with E-state index in [1.165, 1.54) is 12.3 Å². The second-order valence-electron chi connectivity index (χ2n) is 6.79. The molecular weight excluding hydrogens is 329 g/mol. The number of aromatic nitrogens is 1. The first-order valence-corrected chi connectivity index (χ1v) is 9.21. The van der Waals surface area contributed by atoms with Crippen LogP contribution in [0.2, 0.25) is 0 Å². The zero-order chi connectivity index (χ0) is 17.5. The molecule has 128 valence electrons. The summed E-state index contributed by atoms with van der Waals surface area (Å²) in [6.07, 6.45) is 2.76. The Kier molecular flexibility index (Phi) is 4.09. The van der Waals surface area contributed by atoms with Gasteiger partial charge in [0.2, 0.25) is 10.0 Å². The molecule has 5 nitrogen and oxygen atoms in total. The van der Waals surface area contributed by atoms with Gasteiger partial charge in [0.05, 0.1) is 23.0 Å². The van der Waals surface area contributed by atoms with Crippen LogP contribution >= 0.6 is 0 Å². The molecule has 7 heteroatoms. The first-order chi connectivity index (χ1) is 11.2. The Labute approximate surface area is 141 Å². The van der Waals surface area contributed by atoms with Crippen LogP contribution in [0.5, 0.6) is 0 Å². The average molecular weight is 349 g/mol. The lowest BCUT2D eigenvalue weighted by atomic mass is 10.0. The monoisotopic (exact) mass is 349 g/mol. The Morgan fingerprint density at radius 2 is 1.92 bits per heavy atom. The quantitative estimate of drug-likeness (QED) is 0.869. The molecule has 1 aliphatic carbocycles. The van der Waals surface area contributed by atoms with E-state index in [2.05, 4.69) is 24.1 Å². The molecule has 1 aromatic heterocycles. The van der Waals surface area contributed by atoms with E-state index in [0.717, 1.165) is 5.56 Å². The Morgan fingerprint density at radius 3 is 2.50 bits per heavy atom. The van der Waals surface area contributed by atoms with Gasteiger partial charge in [-0.1, -0.05) is 26.0 Å². The largest absolute Gasteiger partial charge is 0.383 e. The number of benzene rings is 1. The number of pyridine rings is 1. The fraction of sp³-hybridized carbons (Fsp3) is 0.353. The molecule has 0 saturated heterocycles. The van der Waals surface area contributed by atoms with Crippen LogP contribution in [0.3, 0.4) is 0 Å². The highest BCUT2D eigenvalue weighted by molar-refractivity contribution is 7.89. The number of nitrogens with zero attached hydrogens (tertiary/aromatic N) is 1. The van der Waals surface area contributed by atoms with E-state index in [1.54, 1.807) is 18.3 Å². The summed E-state index contributed by atoms with van der Waals surface area (Å²) in [6.45, 7) is 5.03. The van der Waals surface area contributed by atoms with Crippen LogP contribution in [0.25, 0.3) is 0 Å². The number of anilines is 1. The second kappa shape index (κ2) is 5.82. The lowest BCUT2D eigenvalue weighted by Crippen LogP contribution is -2.11. The van der Waals surface area contributed by atoms with E-state index in [-0.39, 0.29) is 16.1 Å². The van der Waals surface area contributed by atoms with E-state index in [0.29, 0.717) is 24.1 Å². The Morgan fingerprint density at radius 1 is 1.25 bits per heavy atom. The molecule has 1 fully saturated rings. The summed E-state index contributed by atoms with van der Waals surface area (Å²) in [5, 5.41) is 8.35. The van der Waals surface area contributed by atoms with Gasteiger partial charge in [-0.25, -0.2) is 17.9 Å². The molecule has 2 aromatic rings. The molecule has 3 N–H and O–H groups in total. The van der Waals surface area contributed by atoms with Gasteiger partial charge in [0.25, 0.3) is 0 Å². The fourth-order valence-corrected chi connectivity index (χ4v) is 3.90. The molecular formula is C17H20FN3O2S. The van der Waals surface area contributed by atoms with Gasteiger partial charge < -0.3 is 5.32 Å². The molecule has 0 unspecified atom stereocenters. The summed E-state index contributed by atoms with van der Waals surface area (Å²) >= 11 is 0. The Bertz CT molecular complexity index is 850. The van der Waals surface area contributed by atoms with E-state index < -0.39 is 10.0 Å². The molecule has 24 heavy (non-hydrogen) atoms. The minimum Gasteiger partial charge on any atom is -0.383 e. The van der Waals surface area contributed by atoms with Gasteiger partial charge >= 0.3 is 0 Å². The summed E-state index contributed by atoms with van der Waals surface area (Å²) < 4.78 is 35.9. The number of nitrogens with one attached hydrogen (secondary N) is 1. The maximum atomic E-state index is 13.2. The van der Waals surface area contributed by atoms with E-state index in [1.807, 2.05) is 12.1 Å². The highest BCUT2D eigenvalue weighted by atomic mass is 32.2. The van der Waals surface area contributed by atoms with Crippen molar-refractivity contribution in [3.63, 3.8) is 0 Å². The topological polar surface area (TPSA) is 85.1 Å². The first-order valence-electron chi connectivity index (χ1n) is 7.67. The number of halogens is 1. The van der Waals surface area contributed by atoms with Gasteiger partial charge in [0.1, 0.15) is 5.82 Å². The third kappa shape index (κ3) is 3.27. The molecule has 1 aromatic carbocycles. The van der Waals surface area contributed by atoms with Crippen LogP contribution in [-0.2, 0) is 10.0 Å². The van der Waals surface area contributed by atoms with Crippen molar-refractivity contribution in [2.75, 3.05) is 11.9 Å². The average Bonchev–Trinajstić information content (AvgIpc) is 3.05. The molecule has 3 rings (SSSR count). The molecule has 0 spiro atoms. The van der Waals surface area contributed by atoms with Crippen molar-refractivity contribution in [3.8, 4) is 0 Å². The molecule has 0 amide bonds. The van der Waals surface area contributed by atoms with Crippen LogP contribution in [-0.4, -0.2) is 19.9 Å². The normalized spacial score (nSPS) is 22.2. The highest BCUT2D eigenvalue weighted by Crippen LogP contribution is 2.64. The number of hydrogen-bond acceptors (Lipinski definition) is 4. The fourth-order valence-electron chi connectivity index (χ4n) is 3.39. The zero-order valence-electron chi connectivity index (χ0n) is 13.5. The van der Waals surface area contributed by atoms with Crippen molar-refractivity contribution in [2.45, 2.75) is 24.7 Å². The summed E-state index contributed by atoms with van der Waals surface area (Å²) in [4.78, 5) is 3.94. The number of sulfonamides is 1. The van der Waals surface area contributed by atoms with Crippen LogP contribution in [0, 0.1) is 17.2 Å². The van der Waals surface area contributed by atoms with Gasteiger partial charge in [0.15, 0.2) is 0 Å². The molecule has 1 heterocycles. The maximum absolute atomic E-state index is 13.2. The van der Waals surface area contributed by atoms with Crippen LogP contribution in [0.15, 0.2) is 47.6 Å². The first kappa shape index (κ1) is 16.9. The third-order valence-electron chi connectivity index (χ3n) is 4.85. The highest BCUT2D eigenvalue weighted by Gasteiger charge is 2.57. The van der Waals surface area contributed by atoms with E-state index in [9.17, 15) is 12.8 Å². The lowest BCUT2D eigenvalue weighted by molar-refractivity contribution is 0.565. The van der Waals surface area contributed by atoms with Gasteiger partial charge in [-0.15, -0.1) is 0 Å².